The third kappa shape index (κ3) is 7.01. The van der Waals surface area contributed by atoms with E-state index in [1.54, 1.807) is 0 Å². The Morgan fingerprint density at radius 2 is 1.19 bits per heavy atom. The van der Waals surface area contributed by atoms with Crippen molar-refractivity contribution in [3.63, 3.8) is 0 Å². The number of nitrogens with one attached hydrogen (secondary N) is 4. The first-order valence-electron chi connectivity index (χ1n) is 11.5. The smallest absolute Gasteiger partial charge is 0.319 e. The van der Waals surface area contributed by atoms with E-state index in [-0.39, 0.29) is 12.1 Å². The highest BCUT2D eigenvalue weighted by Gasteiger charge is 2.23. The van der Waals surface area contributed by atoms with Crippen LogP contribution in [0.2, 0.25) is 0 Å². The van der Waals surface area contributed by atoms with E-state index < -0.39 is 0 Å². The molecular weight excluding hydrogens is 400 g/mol. The van der Waals surface area contributed by atoms with E-state index in [9.17, 15) is 9.59 Å². The molecule has 0 heterocycles. The van der Waals surface area contributed by atoms with E-state index >= 15 is 0 Å². The molecule has 3 rings (SSSR count). The second-order valence-corrected chi connectivity index (χ2v) is 9.21. The van der Waals surface area contributed by atoms with Crippen LogP contribution in [0.25, 0.3) is 0 Å². The lowest BCUT2D eigenvalue weighted by Crippen LogP contribution is -2.38. The van der Waals surface area contributed by atoms with Crippen molar-refractivity contribution >= 4 is 23.4 Å². The van der Waals surface area contributed by atoms with E-state index in [2.05, 4.69) is 33.4 Å². The maximum atomic E-state index is 12.3. The van der Waals surface area contributed by atoms with Gasteiger partial charge < -0.3 is 21.3 Å². The summed E-state index contributed by atoms with van der Waals surface area (Å²) >= 11 is 0. The average Bonchev–Trinajstić information content (AvgIpc) is 2.75. The molecule has 0 aromatic heterocycles. The molecule has 0 spiro atoms. The van der Waals surface area contributed by atoms with Gasteiger partial charge in [0.2, 0.25) is 0 Å². The number of amides is 4. The lowest BCUT2D eigenvalue weighted by atomic mass is 9.81. The van der Waals surface area contributed by atoms with Crippen molar-refractivity contribution in [1.29, 1.82) is 0 Å². The standard InChI is InChI=1S/C26H36N4O2/c1-17-8-10-23(19(3)12-17)29-25(31)27-15-21-6-5-7-22(14-21)16-28-26(32)30-24-11-9-18(2)13-20(24)4/h8-13,21-22H,5-7,14-16H2,1-4H3,(H2,27,29,31)(H2,28,30,32). The zero-order valence-electron chi connectivity index (χ0n) is 19.7. The summed E-state index contributed by atoms with van der Waals surface area (Å²) in [5.74, 6) is 0.866. The minimum absolute atomic E-state index is 0.162. The van der Waals surface area contributed by atoms with Gasteiger partial charge in [0.15, 0.2) is 0 Å². The van der Waals surface area contributed by atoms with Gasteiger partial charge in [-0.15, -0.1) is 0 Å². The highest BCUT2D eigenvalue weighted by molar-refractivity contribution is 5.90. The zero-order valence-corrected chi connectivity index (χ0v) is 19.7. The Balaban J connectivity index is 1.40. The molecule has 2 aromatic carbocycles. The van der Waals surface area contributed by atoms with Crippen LogP contribution in [0.15, 0.2) is 36.4 Å². The molecule has 2 atom stereocenters. The summed E-state index contributed by atoms with van der Waals surface area (Å²) in [6, 6.07) is 11.7. The molecular formula is C26H36N4O2. The molecule has 2 unspecified atom stereocenters. The van der Waals surface area contributed by atoms with E-state index in [4.69, 9.17) is 0 Å². The average molecular weight is 437 g/mol. The minimum atomic E-state index is -0.162. The van der Waals surface area contributed by atoms with Crippen molar-refractivity contribution < 1.29 is 9.59 Å². The van der Waals surface area contributed by atoms with Crippen LogP contribution in [0.3, 0.4) is 0 Å². The summed E-state index contributed by atoms with van der Waals surface area (Å²) in [7, 11) is 0. The third-order valence-corrected chi connectivity index (χ3v) is 6.25. The third-order valence-electron chi connectivity index (χ3n) is 6.25. The van der Waals surface area contributed by atoms with Gasteiger partial charge in [-0.25, -0.2) is 9.59 Å². The first kappa shape index (κ1) is 23.6. The normalized spacial score (nSPS) is 18.0. The number of benzene rings is 2. The van der Waals surface area contributed by atoms with Gasteiger partial charge in [-0.1, -0.05) is 41.8 Å². The molecule has 6 nitrogen and oxygen atoms in total. The van der Waals surface area contributed by atoms with Crippen molar-refractivity contribution in [3.8, 4) is 0 Å². The van der Waals surface area contributed by atoms with E-state index in [0.717, 1.165) is 48.2 Å². The predicted octanol–water partition coefficient (Wildman–Crippen LogP) is 5.67. The Morgan fingerprint density at radius 3 is 1.59 bits per heavy atom. The summed E-state index contributed by atoms with van der Waals surface area (Å²) in [4.78, 5) is 24.6. The molecule has 1 fully saturated rings. The molecule has 6 heteroatoms. The second-order valence-electron chi connectivity index (χ2n) is 9.21. The van der Waals surface area contributed by atoms with Gasteiger partial charge in [0, 0.05) is 24.5 Å². The van der Waals surface area contributed by atoms with Crippen molar-refractivity contribution in [2.24, 2.45) is 11.8 Å². The number of hydrogen-bond acceptors (Lipinski definition) is 2. The summed E-state index contributed by atoms with van der Waals surface area (Å²) < 4.78 is 0. The lowest BCUT2D eigenvalue weighted by Gasteiger charge is -2.29. The molecule has 4 N–H and O–H groups in total. The highest BCUT2D eigenvalue weighted by atomic mass is 16.2. The summed E-state index contributed by atoms with van der Waals surface area (Å²) in [5.41, 5.74) is 6.16. The maximum absolute atomic E-state index is 12.3. The Labute approximate surface area is 191 Å². The van der Waals surface area contributed by atoms with E-state index in [1.807, 2.05) is 52.0 Å². The molecule has 1 saturated carbocycles. The van der Waals surface area contributed by atoms with Crippen LogP contribution in [-0.4, -0.2) is 25.2 Å². The van der Waals surface area contributed by atoms with Crippen molar-refractivity contribution in [2.75, 3.05) is 23.7 Å². The Hall–Kier alpha value is -3.02. The molecule has 4 amide bonds. The summed E-state index contributed by atoms with van der Waals surface area (Å²) in [6.45, 7) is 9.38. The predicted molar refractivity (Wildman–Crippen MR) is 131 cm³/mol. The monoisotopic (exact) mass is 436 g/mol. The Bertz CT molecular complexity index is 881. The fourth-order valence-electron chi connectivity index (χ4n) is 4.49. The maximum Gasteiger partial charge on any atom is 0.319 e. The van der Waals surface area contributed by atoms with Gasteiger partial charge in [0.25, 0.3) is 0 Å². The Morgan fingerprint density at radius 1 is 0.750 bits per heavy atom. The topological polar surface area (TPSA) is 82.3 Å². The molecule has 1 aliphatic rings. The van der Waals surface area contributed by atoms with Gasteiger partial charge >= 0.3 is 12.1 Å². The van der Waals surface area contributed by atoms with Crippen LogP contribution in [0, 0.1) is 39.5 Å². The van der Waals surface area contributed by atoms with Gasteiger partial charge in [0.05, 0.1) is 0 Å². The minimum Gasteiger partial charge on any atom is -0.338 e. The zero-order chi connectivity index (χ0) is 23.1. The van der Waals surface area contributed by atoms with Gasteiger partial charge in [-0.3, -0.25) is 0 Å². The number of hydrogen-bond donors (Lipinski definition) is 4. The molecule has 0 saturated heterocycles. The molecule has 0 aliphatic heterocycles. The van der Waals surface area contributed by atoms with Crippen molar-refractivity contribution in [3.05, 3.63) is 58.7 Å². The van der Waals surface area contributed by atoms with Crippen LogP contribution in [0.4, 0.5) is 21.0 Å². The first-order chi connectivity index (χ1) is 15.3. The Kier molecular flexibility index (Phi) is 8.14. The SMILES string of the molecule is Cc1ccc(NC(=O)NCC2CCCC(CNC(=O)Nc3ccc(C)cc3C)C2)c(C)c1. The quantitative estimate of drug-likeness (QED) is 0.470. The van der Waals surface area contributed by atoms with Crippen LogP contribution >= 0.6 is 0 Å². The highest BCUT2D eigenvalue weighted by Crippen LogP contribution is 2.28. The summed E-state index contributed by atoms with van der Waals surface area (Å²) in [6.07, 6.45) is 4.34. The van der Waals surface area contributed by atoms with Crippen LogP contribution < -0.4 is 21.3 Å². The molecule has 1 aliphatic carbocycles. The fraction of sp³-hybridized carbons (Fsp3) is 0.462. The number of aryl methyl sites for hydroxylation is 4. The van der Waals surface area contributed by atoms with Gasteiger partial charge in [0.1, 0.15) is 0 Å². The second kappa shape index (κ2) is 11.0. The largest absolute Gasteiger partial charge is 0.338 e. The van der Waals surface area contributed by atoms with Crippen molar-refractivity contribution in [1.82, 2.24) is 10.6 Å². The van der Waals surface area contributed by atoms with Crippen LogP contribution in [-0.2, 0) is 0 Å². The lowest BCUT2D eigenvalue weighted by molar-refractivity contribution is 0.230. The van der Waals surface area contributed by atoms with Gasteiger partial charge in [-0.05, 0) is 82.1 Å². The van der Waals surface area contributed by atoms with Crippen LogP contribution in [0.5, 0.6) is 0 Å². The molecule has 172 valence electrons. The number of rotatable bonds is 6. The van der Waals surface area contributed by atoms with Gasteiger partial charge in [-0.2, -0.15) is 0 Å². The number of carbonyl (C=O) groups is 2. The molecule has 0 radical (unpaired) electrons. The molecule has 2 aromatic rings. The number of carbonyl (C=O) groups excluding carboxylic acids is 2. The molecule has 32 heavy (non-hydrogen) atoms. The van der Waals surface area contributed by atoms with Crippen LogP contribution in [0.1, 0.15) is 47.9 Å². The van der Waals surface area contributed by atoms with E-state index in [1.165, 1.54) is 11.1 Å². The number of anilines is 2. The first-order valence-corrected chi connectivity index (χ1v) is 11.5. The fourth-order valence-corrected chi connectivity index (χ4v) is 4.49. The van der Waals surface area contributed by atoms with E-state index in [0.29, 0.717) is 24.9 Å². The van der Waals surface area contributed by atoms with Crippen molar-refractivity contribution in [2.45, 2.75) is 53.4 Å². The molecule has 0 bridgehead atoms. The number of urea groups is 2. The summed E-state index contributed by atoms with van der Waals surface area (Å²) in [5, 5.41) is 11.9.